The number of hydrogen-bond acceptors (Lipinski definition) is 4. The van der Waals surface area contributed by atoms with E-state index in [9.17, 15) is 23.8 Å². The van der Waals surface area contributed by atoms with E-state index in [1.807, 2.05) is 6.92 Å². The van der Waals surface area contributed by atoms with E-state index in [0.717, 1.165) is 22.3 Å². The zero-order valence-corrected chi connectivity index (χ0v) is 16.3. The molecule has 2 N–H and O–H groups in total. The molecule has 0 heterocycles. The van der Waals surface area contributed by atoms with Gasteiger partial charge in [0.1, 0.15) is 11.6 Å². The molecule has 0 radical (unpaired) electrons. The van der Waals surface area contributed by atoms with E-state index in [1.165, 1.54) is 37.5 Å². The Labute approximate surface area is 168 Å². The van der Waals surface area contributed by atoms with E-state index >= 15 is 0 Å². The molecule has 2 aromatic rings. The highest BCUT2D eigenvalue weighted by atomic mass is 19.1. The fourth-order valence-electron chi connectivity index (χ4n) is 2.91. The van der Waals surface area contributed by atoms with Crippen LogP contribution in [0, 0.1) is 11.6 Å². The number of hydrogen-bond donors (Lipinski definition) is 2. The Bertz CT molecular complexity index is 823. The average Bonchev–Trinajstić information content (AvgIpc) is 2.69. The van der Waals surface area contributed by atoms with Crippen LogP contribution in [0.25, 0.3) is 5.57 Å². The SMILES string of the molecule is COC(=O)CC(O)CC(O)/C=C/C(C)=C(c1ccc(F)cc1)c1ccc(F)cc1. The molecule has 4 nitrogen and oxygen atoms in total. The monoisotopic (exact) mass is 402 g/mol. The Morgan fingerprint density at radius 3 is 1.93 bits per heavy atom. The second-order valence-corrected chi connectivity index (χ2v) is 6.67. The third-order valence-electron chi connectivity index (χ3n) is 4.37. The Morgan fingerprint density at radius 1 is 1.00 bits per heavy atom. The first-order chi connectivity index (χ1) is 13.8. The Kier molecular flexibility index (Phi) is 8.24. The van der Waals surface area contributed by atoms with Crippen LogP contribution in [0.4, 0.5) is 8.78 Å². The van der Waals surface area contributed by atoms with Crippen LogP contribution in [0.3, 0.4) is 0 Å². The molecule has 0 aliphatic heterocycles. The van der Waals surface area contributed by atoms with Crippen molar-refractivity contribution in [1.29, 1.82) is 0 Å². The van der Waals surface area contributed by atoms with Crippen molar-refractivity contribution < 1.29 is 28.5 Å². The molecular formula is C23H24F2O4. The van der Waals surface area contributed by atoms with Gasteiger partial charge in [-0.25, -0.2) is 8.78 Å². The summed E-state index contributed by atoms with van der Waals surface area (Å²) in [6.07, 6.45) is 0.946. The summed E-state index contributed by atoms with van der Waals surface area (Å²) in [7, 11) is 1.23. The maximum atomic E-state index is 13.3. The topological polar surface area (TPSA) is 66.8 Å². The molecule has 154 valence electrons. The molecule has 0 fully saturated rings. The second-order valence-electron chi connectivity index (χ2n) is 6.67. The number of carbonyl (C=O) groups is 1. The number of aliphatic hydroxyl groups excluding tert-OH is 2. The molecule has 0 aliphatic rings. The van der Waals surface area contributed by atoms with E-state index in [1.54, 1.807) is 30.3 Å². The van der Waals surface area contributed by atoms with Gasteiger partial charge in [0.05, 0.1) is 25.7 Å². The largest absolute Gasteiger partial charge is 0.469 e. The van der Waals surface area contributed by atoms with Gasteiger partial charge in [0.25, 0.3) is 0 Å². The molecule has 0 aliphatic carbocycles. The van der Waals surface area contributed by atoms with Crippen LogP contribution in [-0.4, -0.2) is 35.5 Å². The van der Waals surface area contributed by atoms with Crippen LogP contribution < -0.4 is 0 Å². The lowest BCUT2D eigenvalue weighted by Crippen LogP contribution is -2.20. The van der Waals surface area contributed by atoms with Gasteiger partial charge in [-0.15, -0.1) is 0 Å². The van der Waals surface area contributed by atoms with Crippen molar-refractivity contribution in [2.24, 2.45) is 0 Å². The fourth-order valence-corrected chi connectivity index (χ4v) is 2.91. The lowest BCUT2D eigenvalue weighted by molar-refractivity contribution is -0.143. The van der Waals surface area contributed by atoms with Crippen molar-refractivity contribution >= 4 is 11.5 Å². The highest BCUT2D eigenvalue weighted by Gasteiger charge is 2.15. The van der Waals surface area contributed by atoms with Gasteiger partial charge in [-0.2, -0.15) is 0 Å². The number of allylic oxidation sites excluding steroid dienone is 2. The number of benzene rings is 2. The second kappa shape index (κ2) is 10.6. The predicted octanol–water partition coefficient (Wildman–Crippen LogP) is 4.02. The highest BCUT2D eigenvalue weighted by molar-refractivity contribution is 5.83. The third kappa shape index (κ3) is 6.93. The van der Waals surface area contributed by atoms with Gasteiger partial charge in [-0.05, 0) is 53.5 Å². The molecule has 6 heteroatoms. The summed E-state index contributed by atoms with van der Waals surface area (Å²) in [5.74, 6) is -1.29. The summed E-state index contributed by atoms with van der Waals surface area (Å²) in [4.78, 5) is 11.2. The molecule has 2 unspecified atom stereocenters. The Balaban J connectivity index is 2.27. The number of ether oxygens (including phenoxy) is 1. The van der Waals surface area contributed by atoms with Gasteiger partial charge >= 0.3 is 5.97 Å². The minimum absolute atomic E-state index is 0.0265. The van der Waals surface area contributed by atoms with Gasteiger partial charge in [0.2, 0.25) is 0 Å². The number of aliphatic hydroxyl groups is 2. The van der Waals surface area contributed by atoms with Crippen LogP contribution in [-0.2, 0) is 9.53 Å². The molecule has 2 atom stereocenters. The van der Waals surface area contributed by atoms with Gasteiger partial charge in [-0.3, -0.25) is 4.79 Å². The first-order valence-corrected chi connectivity index (χ1v) is 9.14. The van der Waals surface area contributed by atoms with Crippen molar-refractivity contribution in [3.63, 3.8) is 0 Å². The summed E-state index contributed by atoms with van der Waals surface area (Å²) in [6, 6.07) is 11.9. The van der Waals surface area contributed by atoms with E-state index in [0.29, 0.717) is 0 Å². The molecule has 0 amide bonds. The zero-order chi connectivity index (χ0) is 21.4. The maximum Gasteiger partial charge on any atom is 0.308 e. The van der Waals surface area contributed by atoms with Crippen molar-refractivity contribution in [2.45, 2.75) is 32.0 Å². The summed E-state index contributed by atoms with van der Waals surface area (Å²) < 4.78 is 31.1. The summed E-state index contributed by atoms with van der Waals surface area (Å²) >= 11 is 0. The Morgan fingerprint density at radius 2 is 1.48 bits per heavy atom. The molecule has 0 saturated heterocycles. The predicted molar refractivity (Wildman–Crippen MR) is 107 cm³/mol. The minimum Gasteiger partial charge on any atom is -0.469 e. The molecule has 0 bridgehead atoms. The van der Waals surface area contributed by atoms with Crippen LogP contribution in [0.5, 0.6) is 0 Å². The Hall–Kier alpha value is -2.83. The molecule has 2 rings (SSSR count). The summed E-state index contributed by atoms with van der Waals surface area (Å²) in [5.41, 5.74) is 2.98. The average molecular weight is 402 g/mol. The molecule has 0 spiro atoms. The van der Waals surface area contributed by atoms with Gasteiger partial charge in [0.15, 0.2) is 0 Å². The molecule has 29 heavy (non-hydrogen) atoms. The minimum atomic E-state index is -1.03. The molecule has 0 saturated carbocycles. The van der Waals surface area contributed by atoms with Crippen LogP contribution in [0.2, 0.25) is 0 Å². The molecule has 0 aromatic heterocycles. The maximum absolute atomic E-state index is 13.3. The van der Waals surface area contributed by atoms with E-state index in [4.69, 9.17) is 0 Å². The molecular weight excluding hydrogens is 378 g/mol. The number of methoxy groups -OCH3 is 1. The van der Waals surface area contributed by atoms with Crippen molar-refractivity contribution in [3.8, 4) is 0 Å². The van der Waals surface area contributed by atoms with E-state index in [-0.39, 0.29) is 24.5 Å². The first kappa shape index (κ1) is 22.5. The third-order valence-corrected chi connectivity index (χ3v) is 4.37. The summed E-state index contributed by atoms with van der Waals surface area (Å²) in [5, 5.41) is 20.0. The van der Waals surface area contributed by atoms with Crippen molar-refractivity contribution in [3.05, 3.63) is 89.0 Å². The van der Waals surface area contributed by atoms with Crippen LogP contribution in [0.1, 0.15) is 30.9 Å². The van der Waals surface area contributed by atoms with Crippen molar-refractivity contribution in [1.82, 2.24) is 0 Å². The zero-order valence-electron chi connectivity index (χ0n) is 16.3. The van der Waals surface area contributed by atoms with Crippen molar-refractivity contribution in [2.75, 3.05) is 7.11 Å². The normalized spacial score (nSPS) is 13.2. The van der Waals surface area contributed by atoms with Gasteiger partial charge in [0, 0.05) is 6.42 Å². The van der Waals surface area contributed by atoms with E-state index in [2.05, 4.69) is 4.74 Å². The standard InChI is InChI=1S/C23H24F2O4/c1-15(3-12-20(26)13-21(27)14-22(28)29-2)23(16-4-8-18(24)9-5-16)17-6-10-19(25)11-7-17/h3-12,20-21,26-27H,13-14H2,1-2H3/b12-3+. The van der Waals surface area contributed by atoms with E-state index < -0.39 is 18.2 Å². The number of halogens is 2. The molecule has 2 aromatic carbocycles. The lowest BCUT2D eigenvalue weighted by Gasteiger charge is -2.14. The quantitative estimate of drug-likeness (QED) is 0.517. The smallest absolute Gasteiger partial charge is 0.308 e. The van der Waals surface area contributed by atoms with Crippen LogP contribution in [0.15, 0.2) is 66.3 Å². The highest BCUT2D eigenvalue weighted by Crippen LogP contribution is 2.28. The fraction of sp³-hybridized carbons (Fsp3) is 0.261. The first-order valence-electron chi connectivity index (χ1n) is 9.14. The van der Waals surface area contributed by atoms with Gasteiger partial charge in [-0.1, -0.05) is 36.4 Å². The van der Waals surface area contributed by atoms with Crippen LogP contribution >= 0.6 is 0 Å². The summed E-state index contributed by atoms with van der Waals surface area (Å²) in [6.45, 7) is 1.82. The number of carbonyl (C=O) groups excluding carboxylic acids is 1. The van der Waals surface area contributed by atoms with Gasteiger partial charge < -0.3 is 14.9 Å². The number of rotatable bonds is 8. The number of esters is 1. The lowest BCUT2D eigenvalue weighted by atomic mass is 9.93.